The van der Waals surface area contributed by atoms with Crippen LogP contribution in [-0.4, -0.2) is 15.9 Å². The highest BCUT2D eigenvalue weighted by Gasteiger charge is 2.19. The van der Waals surface area contributed by atoms with Crippen molar-refractivity contribution in [1.82, 2.24) is 9.97 Å². The van der Waals surface area contributed by atoms with Gasteiger partial charge < -0.3 is 4.74 Å². The van der Waals surface area contributed by atoms with Crippen LogP contribution >= 0.6 is 11.3 Å². The number of esters is 1. The number of pyridine rings is 1. The Kier molecular flexibility index (Phi) is 4.21. The molecule has 0 spiro atoms. The summed E-state index contributed by atoms with van der Waals surface area (Å²) in [5.74, 6) is 0.196. The molecule has 3 aromatic rings. The van der Waals surface area contributed by atoms with Gasteiger partial charge in [-0.2, -0.15) is 0 Å². The number of hydrogen-bond acceptors (Lipinski definition) is 5. The molecule has 116 valence electrons. The summed E-state index contributed by atoms with van der Waals surface area (Å²) >= 11 is 1.30. The second-order valence-electron chi connectivity index (χ2n) is 5.31. The van der Waals surface area contributed by atoms with Gasteiger partial charge in [0.15, 0.2) is 0 Å². The van der Waals surface area contributed by atoms with Crippen LogP contribution < -0.4 is 4.74 Å². The van der Waals surface area contributed by atoms with Crippen LogP contribution in [0.25, 0.3) is 10.7 Å². The molecule has 0 atom stereocenters. The summed E-state index contributed by atoms with van der Waals surface area (Å²) in [5, 5.41) is 0.718. The fourth-order valence-electron chi connectivity index (χ4n) is 2.24. The van der Waals surface area contributed by atoms with Gasteiger partial charge in [-0.3, -0.25) is 4.98 Å². The maximum Gasteiger partial charge on any atom is 0.355 e. The molecule has 0 saturated heterocycles. The van der Waals surface area contributed by atoms with Crippen molar-refractivity contribution in [3.63, 3.8) is 0 Å². The van der Waals surface area contributed by atoms with E-state index in [0.29, 0.717) is 16.3 Å². The standard InChI is InChI=1S/C18H16N2O2S/c1-11-7-8-15(12(2)10-11)22-18(21)16-13(3)20-17(23-16)14-6-4-5-9-19-14/h4-10H,1-3H3. The summed E-state index contributed by atoms with van der Waals surface area (Å²) < 4.78 is 5.53. The van der Waals surface area contributed by atoms with Crippen LogP contribution in [0, 0.1) is 20.8 Å². The van der Waals surface area contributed by atoms with Gasteiger partial charge in [0.2, 0.25) is 0 Å². The lowest BCUT2D eigenvalue weighted by Crippen LogP contribution is -2.09. The Morgan fingerprint density at radius 3 is 2.65 bits per heavy atom. The van der Waals surface area contributed by atoms with Gasteiger partial charge in [0.25, 0.3) is 0 Å². The zero-order valence-electron chi connectivity index (χ0n) is 13.2. The predicted molar refractivity (Wildman–Crippen MR) is 91.0 cm³/mol. The third-order valence-corrected chi connectivity index (χ3v) is 4.56. The Labute approximate surface area is 138 Å². The summed E-state index contributed by atoms with van der Waals surface area (Å²) in [6, 6.07) is 11.3. The predicted octanol–water partition coefficient (Wildman–Crippen LogP) is 4.35. The van der Waals surface area contributed by atoms with Gasteiger partial charge >= 0.3 is 5.97 Å². The van der Waals surface area contributed by atoms with Crippen molar-refractivity contribution in [3.8, 4) is 16.5 Å². The van der Waals surface area contributed by atoms with Crippen LogP contribution in [-0.2, 0) is 0 Å². The van der Waals surface area contributed by atoms with E-state index in [1.54, 1.807) is 6.20 Å². The van der Waals surface area contributed by atoms with Gasteiger partial charge in [-0.25, -0.2) is 9.78 Å². The Morgan fingerprint density at radius 2 is 1.96 bits per heavy atom. The molecule has 23 heavy (non-hydrogen) atoms. The molecule has 0 unspecified atom stereocenters. The molecule has 0 radical (unpaired) electrons. The van der Waals surface area contributed by atoms with Gasteiger partial charge in [0, 0.05) is 6.20 Å². The third kappa shape index (κ3) is 3.29. The van der Waals surface area contributed by atoms with E-state index in [2.05, 4.69) is 9.97 Å². The molecule has 0 aliphatic heterocycles. The lowest BCUT2D eigenvalue weighted by molar-refractivity contribution is 0.0737. The van der Waals surface area contributed by atoms with Gasteiger partial charge in [-0.1, -0.05) is 23.8 Å². The van der Waals surface area contributed by atoms with E-state index in [0.717, 1.165) is 21.8 Å². The topological polar surface area (TPSA) is 52.1 Å². The Morgan fingerprint density at radius 1 is 1.13 bits per heavy atom. The van der Waals surface area contributed by atoms with Crippen LogP contribution in [0.3, 0.4) is 0 Å². The highest BCUT2D eigenvalue weighted by atomic mass is 32.1. The number of aryl methyl sites for hydroxylation is 3. The minimum Gasteiger partial charge on any atom is -0.422 e. The van der Waals surface area contributed by atoms with E-state index in [-0.39, 0.29) is 5.97 Å². The maximum absolute atomic E-state index is 12.4. The van der Waals surface area contributed by atoms with Gasteiger partial charge in [0.05, 0.1) is 11.4 Å². The van der Waals surface area contributed by atoms with Crippen molar-refractivity contribution in [2.75, 3.05) is 0 Å². The second-order valence-corrected chi connectivity index (χ2v) is 6.31. The lowest BCUT2D eigenvalue weighted by atomic mass is 10.1. The van der Waals surface area contributed by atoms with Gasteiger partial charge in [-0.15, -0.1) is 11.3 Å². The number of aromatic nitrogens is 2. The molecule has 3 rings (SSSR count). The van der Waals surface area contributed by atoms with Crippen LogP contribution in [0.1, 0.15) is 26.5 Å². The molecule has 0 aliphatic carbocycles. The molecule has 0 saturated carbocycles. The Bertz CT molecular complexity index is 857. The molecule has 1 aromatic carbocycles. The fourth-order valence-corrected chi connectivity index (χ4v) is 3.16. The number of thiazole rings is 1. The van der Waals surface area contributed by atoms with Crippen LogP contribution in [0.15, 0.2) is 42.6 Å². The van der Waals surface area contributed by atoms with Crippen molar-refractivity contribution in [3.05, 3.63) is 64.3 Å². The van der Waals surface area contributed by atoms with E-state index in [4.69, 9.17) is 4.74 Å². The zero-order valence-corrected chi connectivity index (χ0v) is 14.0. The quantitative estimate of drug-likeness (QED) is 0.531. The van der Waals surface area contributed by atoms with Crippen molar-refractivity contribution < 1.29 is 9.53 Å². The van der Waals surface area contributed by atoms with Crippen LogP contribution in [0.4, 0.5) is 0 Å². The Balaban J connectivity index is 1.87. The first-order valence-electron chi connectivity index (χ1n) is 7.23. The normalized spacial score (nSPS) is 10.6. The van der Waals surface area contributed by atoms with E-state index >= 15 is 0 Å². The average Bonchev–Trinajstić information content (AvgIpc) is 2.93. The summed E-state index contributed by atoms with van der Waals surface area (Å²) in [5.41, 5.74) is 3.48. The largest absolute Gasteiger partial charge is 0.422 e. The fraction of sp³-hybridized carbons (Fsp3) is 0.167. The number of rotatable bonds is 3. The summed E-state index contributed by atoms with van der Waals surface area (Å²) in [7, 11) is 0. The average molecular weight is 324 g/mol. The highest BCUT2D eigenvalue weighted by Crippen LogP contribution is 2.28. The van der Waals surface area contributed by atoms with Crippen LogP contribution in [0.5, 0.6) is 5.75 Å². The number of hydrogen-bond donors (Lipinski definition) is 0. The lowest BCUT2D eigenvalue weighted by Gasteiger charge is -2.07. The van der Waals surface area contributed by atoms with Gasteiger partial charge in [0.1, 0.15) is 15.6 Å². The molecule has 0 bridgehead atoms. The molecule has 4 nitrogen and oxygen atoms in total. The second kappa shape index (κ2) is 6.30. The molecule has 0 N–H and O–H groups in total. The molecule has 2 aromatic heterocycles. The Hall–Kier alpha value is -2.53. The number of ether oxygens (including phenoxy) is 1. The summed E-state index contributed by atoms with van der Waals surface area (Å²) in [4.78, 5) is 21.7. The first-order chi connectivity index (χ1) is 11.0. The van der Waals surface area contributed by atoms with E-state index in [1.807, 2.05) is 57.2 Å². The highest BCUT2D eigenvalue weighted by molar-refractivity contribution is 7.17. The van der Waals surface area contributed by atoms with Crippen LogP contribution in [0.2, 0.25) is 0 Å². The minimum atomic E-state index is -0.380. The molecular weight excluding hydrogens is 308 g/mol. The smallest absolute Gasteiger partial charge is 0.355 e. The first-order valence-corrected chi connectivity index (χ1v) is 8.04. The van der Waals surface area contributed by atoms with E-state index < -0.39 is 0 Å². The molecule has 2 heterocycles. The van der Waals surface area contributed by atoms with Crippen molar-refractivity contribution in [2.24, 2.45) is 0 Å². The number of nitrogens with zero attached hydrogens (tertiary/aromatic N) is 2. The monoisotopic (exact) mass is 324 g/mol. The van der Waals surface area contributed by atoms with E-state index in [9.17, 15) is 4.79 Å². The molecule has 0 fully saturated rings. The van der Waals surface area contributed by atoms with Gasteiger partial charge in [-0.05, 0) is 44.5 Å². The summed E-state index contributed by atoms with van der Waals surface area (Å²) in [6.45, 7) is 5.74. The SMILES string of the molecule is Cc1ccc(OC(=O)c2sc(-c3ccccn3)nc2C)c(C)c1. The van der Waals surface area contributed by atoms with Crippen molar-refractivity contribution in [1.29, 1.82) is 0 Å². The maximum atomic E-state index is 12.4. The molecular formula is C18H16N2O2S. The first kappa shape index (κ1) is 15.4. The minimum absolute atomic E-state index is 0.380. The number of carbonyl (C=O) groups is 1. The molecule has 0 aliphatic rings. The third-order valence-electron chi connectivity index (χ3n) is 3.40. The van der Waals surface area contributed by atoms with Crippen molar-refractivity contribution in [2.45, 2.75) is 20.8 Å². The zero-order chi connectivity index (χ0) is 16.4. The summed E-state index contributed by atoms with van der Waals surface area (Å²) in [6.07, 6.45) is 1.71. The molecule has 5 heteroatoms. The van der Waals surface area contributed by atoms with E-state index in [1.165, 1.54) is 11.3 Å². The van der Waals surface area contributed by atoms with Crippen molar-refractivity contribution >= 4 is 17.3 Å². The molecule has 0 amide bonds. The number of carbonyl (C=O) groups excluding carboxylic acids is 1. The number of benzene rings is 1.